The SMILES string of the molecule is C=C(C)C(CC[C@@H]1C=CCC[C@@H]1C(=O)CC)=C(C)C. The molecule has 1 aliphatic rings. The molecule has 0 heterocycles. The molecule has 0 aromatic carbocycles. The van der Waals surface area contributed by atoms with Crippen LogP contribution in [0.3, 0.4) is 0 Å². The van der Waals surface area contributed by atoms with Gasteiger partial charge in [-0.25, -0.2) is 0 Å². The molecule has 0 saturated carbocycles. The quantitative estimate of drug-likeness (QED) is 0.471. The van der Waals surface area contributed by atoms with Crippen LogP contribution in [0.25, 0.3) is 0 Å². The van der Waals surface area contributed by atoms with Crippen molar-refractivity contribution < 1.29 is 4.79 Å². The minimum Gasteiger partial charge on any atom is -0.299 e. The van der Waals surface area contributed by atoms with Crippen molar-refractivity contribution >= 4 is 5.78 Å². The zero-order valence-electron chi connectivity index (χ0n) is 13.0. The normalized spacial score (nSPS) is 22.1. The van der Waals surface area contributed by atoms with E-state index in [1.807, 2.05) is 6.92 Å². The Bertz CT molecular complexity index is 394. The van der Waals surface area contributed by atoms with Gasteiger partial charge in [0.25, 0.3) is 0 Å². The molecule has 1 heteroatoms. The lowest BCUT2D eigenvalue weighted by Gasteiger charge is -2.27. The predicted octanol–water partition coefficient (Wildman–Crippen LogP) is 5.24. The third kappa shape index (κ3) is 4.49. The van der Waals surface area contributed by atoms with Gasteiger partial charge in [0.15, 0.2) is 0 Å². The zero-order valence-corrected chi connectivity index (χ0v) is 13.0. The first-order valence-corrected chi connectivity index (χ1v) is 7.49. The molecule has 0 bridgehead atoms. The van der Waals surface area contributed by atoms with Gasteiger partial charge in [-0.15, -0.1) is 0 Å². The fraction of sp³-hybridized carbons (Fsp3) is 0.611. The predicted molar refractivity (Wildman–Crippen MR) is 83.1 cm³/mol. The topological polar surface area (TPSA) is 17.1 Å². The van der Waals surface area contributed by atoms with Gasteiger partial charge in [0.05, 0.1) is 0 Å². The number of hydrogen-bond donors (Lipinski definition) is 0. The van der Waals surface area contributed by atoms with Crippen molar-refractivity contribution in [2.24, 2.45) is 11.8 Å². The van der Waals surface area contributed by atoms with Crippen molar-refractivity contribution in [2.75, 3.05) is 0 Å². The lowest BCUT2D eigenvalue weighted by Crippen LogP contribution is -2.24. The molecule has 1 rings (SSSR count). The third-order valence-electron chi connectivity index (χ3n) is 4.15. The summed E-state index contributed by atoms with van der Waals surface area (Å²) in [6.45, 7) is 12.4. The standard InChI is InChI=1S/C18H28O/c1-6-18(19)17-10-8-7-9-15(17)11-12-16(13(2)3)14(4)5/h7,9,15,17H,2,6,8,10-12H2,1,3-5H3/t15-,17-/m0/s1. The van der Waals surface area contributed by atoms with E-state index in [4.69, 9.17) is 0 Å². The average molecular weight is 260 g/mol. The highest BCUT2D eigenvalue weighted by Gasteiger charge is 2.26. The monoisotopic (exact) mass is 260 g/mol. The number of rotatable bonds is 6. The molecule has 0 aromatic rings. The number of carbonyl (C=O) groups excluding carboxylic acids is 1. The molecule has 0 N–H and O–H groups in total. The molecule has 0 saturated heterocycles. The van der Waals surface area contributed by atoms with Crippen LogP contribution in [0.5, 0.6) is 0 Å². The van der Waals surface area contributed by atoms with Gasteiger partial charge in [0.2, 0.25) is 0 Å². The summed E-state index contributed by atoms with van der Waals surface area (Å²) in [6, 6.07) is 0. The summed E-state index contributed by atoms with van der Waals surface area (Å²) in [4.78, 5) is 12.0. The van der Waals surface area contributed by atoms with E-state index in [9.17, 15) is 4.79 Å². The van der Waals surface area contributed by atoms with Crippen LogP contribution in [0.2, 0.25) is 0 Å². The van der Waals surface area contributed by atoms with Crippen molar-refractivity contribution in [1.29, 1.82) is 0 Å². The minimum absolute atomic E-state index is 0.249. The number of allylic oxidation sites excluding steroid dienone is 5. The average Bonchev–Trinajstić information content (AvgIpc) is 2.37. The molecule has 2 atom stereocenters. The molecular formula is C18H28O. The van der Waals surface area contributed by atoms with Gasteiger partial charge in [-0.2, -0.15) is 0 Å². The summed E-state index contributed by atoms with van der Waals surface area (Å²) in [6.07, 6.45) is 9.38. The molecule has 0 aromatic heterocycles. The number of hydrogen-bond acceptors (Lipinski definition) is 1. The first kappa shape index (κ1) is 15.9. The molecular weight excluding hydrogens is 232 g/mol. The number of carbonyl (C=O) groups is 1. The van der Waals surface area contributed by atoms with Crippen LogP contribution in [-0.4, -0.2) is 5.78 Å². The molecule has 0 radical (unpaired) electrons. The number of ketones is 1. The highest BCUT2D eigenvalue weighted by Crippen LogP contribution is 2.32. The summed E-state index contributed by atoms with van der Waals surface area (Å²) in [5.74, 6) is 1.11. The van der Waals surface area contributed by atoms with Gasteiger partial charge in [-0.3, -0.25) is 4.79 Å². The van der Waals surface area contributed by atoms with Crippen LogP contribution in [0.1, 0.15) is 59.8 Å². The van der Waals surface area contributed by atoms with Gasteiger partial charge in [0.1, 0.15) is 5.78 Å². The molecule has 0 aliphatic heterocycles. The van der Waals surface area contributed by atoms with E-state index in [1.165, 1.54) is 11.1 Å². The molecule has 1 aliphatic carbocycles. The Balaban J connectivity index is 2.71. The fourth-order valence-corrected chi connectivity index (χ4v) is 3.06. The second-order valence-electron chi connectivity index (χ2n) is 5.89. The summed E-state index contributed by atoms with van der Waals surface area (Å²) < 4.78 is 0. The van der Waals surface area contributed by atoms with Crippen LogP contribution < -0.4 is 0 Å². The maximum Gasteiger partial charge on any atom is 0.136 e. The van der Waals surface area contributed by atoms with Gasteiger partial charge >= 0.3 is 0 Å². The molecule has 0 spiro atoms. The van der Waals surface area contributed by atoms with Crippen LogP contribution >= 0.6 is 0 Å². The highest BCUT2D eigenvalue weighted by atomic mass is 16.1. The van der Waals surface area contributed by atoms with E-state index in [1.54, 1.807) is 0 Å². The fourth-order valence-electron chi connectivity index (χ4n) is 3.06. The largest absolute Gasteiger partial charge is 0.299 e. The third-order valence-corrected chi connectivity index (χ3v) is 4.15. The molecule has 0 amide bonds. The Morgan fingerprint density at radius 2 is 2.00 bits per heavy atom. The summed E-state index contributed by atoms with van der Waals surface area (Å²) in [5, 5.41) is 0. The summed E-state index contributed by atoms with van der Waals surface area (Å²) in [7, 11) is 0. The van der Waals surface area contributed by atoms with Crippen LogP contribution in [0.15, 0.2) is 35.5 Å². The zero-order chi connectivity index (χ0) is 14.4. The number of Topliss-reactive ketones (excluding diaryl/α,β-unsaturated/α-hetero) is 1. The molecule has 0 fully saturated rings. The van der Waals surface area contributed by atoms with Gasteiger partial charge < -0.3 is 0 Å². The smallest absolute Gasteiger partial charge is 0.136 e. The van der Waals surface area contributed by atoms with E-state index in [0.717, 1.165) is 31.3 Å². The van der Waals surface area contributed by atoms with Crippen LogP contribution in [0.4, 0.5) is 0 Å². The Kier molecular flexibility index (Phi) is 6.27. The van der Waals surface area contributed by atoms with Crippen molar-refractivity contribution in [3.8, 4) is 0 Å². The van der Waals surface area contributed by atoms with Crippen molar-refractivity contribution in [3.63, 3.8) is 0 Å². The van der Waals surface area contributed by atoms with E-state index in [2.05, 4.69) is 39.5 Å². The van der Waals surface area contributed by atoms with Crippen LogP contribution in [-0.2, 0) is 4.79 Å². The van der Waals surface area contributed by atoms with Gasteiger partial charge in [-0.1, -0.05) is 36.8 Å². The molecule has 0 unspecified atom stereocenters. The Labute approximate surface area is 118 Å². The Hall–Kier alpha value is -1.11. The molecule has 1 nitrogen and oxygen atoms in total. The van der Waals surface area contributed by atoms with Gasteiger partial charge in [0, 0.05) is 12.3 Å². The van der Waals surface area contributed by atoms with E-state index < -0.39 is 0 Å². The van der Waals surface area contributed by atoms with Crippen molar-refractivity contribution in [1.82, 2.24) is 0 Å². The second-order valence-corrected chi connectivity index (χ2v) is 5.89. The van der Waals surface area contributed by atoms with Gasteiger partial charge in [-0.05, 0) is 57.9 Å². The van der Waals surface area contributed by atoms with E-state index in [0.29, 0.717) is 18.1 Å². The lowest BCUT2D eigenvalue weighted by molar-refractivity contribution is -0.124. The second kappa shape index (κ2) is 7.47. The molecule has 19 heavy (non-hydrogen) atoms. The maximum atomic E-state index is 12.0. The van der Waals surface area contributed by atoms with Crippen LogP contribution in [0, 0.1) is 11.8 Å². The minimum atomic E-state index is 0.249. The summed E-state index contributed by atoms with van der Waals surface area (Å²) >= 11 is 0. The Morgan fingerprint density at radius 1 is 1.32 bits per heavy atom. The van der Waals surface area contributed by atoms with Crippen molar-refractivity contribution in [2.45, 2.75) is 59.8 Å². The van der Waals surface area contributed by atoms with Crippen molar-refractivity contribution in [3.05, 3.63) is 35.5 Å². The Morgan fingerprint density at radius 3 is 2.53 bits per heavy atom. The summed E-state index contributed by atoms with van der Waals surface area (Å²) in [5.41, 5.74) is 3.89. The van der Waals surface area contributed by atoms with E-state index >= 15 is 0 Å². The molecule has 106 valence electrons. The maximum absolute atomic E-state index is 12.0. The first-order valence-electron chi connectivity index (χ1n) is 7.49. The first-order chi connectivity index (χ1) is 8.97. The lowest BCUT2D eigenvalue weighted by atomic mass is 9.77. The van der Waals surface area contributed by atoms with E-state index in [-0.39, 0.29) is 5.92 Å². The highest BCUT2D eigenvalue weighted by molar-refractivity contribution is 5.81.